The van der Waals surface area contributed by atoms with E-state index in [1.807, 2.05) is 13.8 Å². The van der Waals surface area contributed by atoms with E-state index in [-0.39, 0.29) is 33.4 Å². The number of hydrogen-bond donors (Lipinski definition) is 4. The molecule has 0 amide bonds. The minimum Gasteiger partial charge on any atom is -0.388 e. The first-order valence-corrected chi connectivity index (χ1v) is 4.20. The Hall–Kier alpha value is -0.346. The van der Waals surface area contributed by atoms with Gasteiger partial charge in [-0.05, 0) is 12.8 Å². The molecule has 0 aliphatic heterocycles. The second kappa shape index (κ2) is 14.2. The van der Waals surface area contributed by atoms with Crippen molar-refractivity contribution in [2.75, 3.05) is 0 Å². The Kier molecular flexibility index (Phi) is 20.1. The molecule has 0 saturated heterocycles. The second-order valence-corrected chi connectivity index (χ2v) is 2.55. The van der Waals surface area contributed by atoms with Gasteiger partial charge in [-0.25, -0.2) is 0 Å². The van der Waals surface area contributed by atoms with Crippen molar-refractivity contribution in [3.63, 3.8) is 0 Å². The molecule has 5 heteroatoms. The topological polar surface area (TPSA) is 99.7 Å². The molecule has 0 spiro atoms. The van der Waals surface area contributed by atoms with Gasteiger partial charge < -0.3 is 11.5 Å². The summed E-state index contributed by atoms with van der Waals surface area (Å²) >= 11 is 0. The van der Waals surface area contributed by atoms with E-state index in [1.165, 1.54) is 0 Å². The molecule has 0 aliphatic rings. The number of amidine groups is 2. The Balaban J connectivity index is -0.000000143. The van der Waals surface area contributed by atoms with Crippen LogP contribution in [0.1, 0.15) is 39.5 Å². The van der Waals surface area contributed by atoms with Crippen molar-refractivity contribution in [3.8, 4) is 0 Å². The van der Waals surface area contributed by atoms with E-state index in [9.17, 15) is 0 Å². The van der Waals surface area contributed by atoms with Crippen molar-refractivity contribution in [3.05, 3.63) is 0 Å². The largest absolute Gasteiger partial charge is 0.388 e. The maximum atomic E-state index is 6.67. The minimum absolute atomic E-state index is 0. The summed E-state index contributed by atoms with van der Waals surface area (Å²) in [6, 6.07) is 0. The molecular formula is C8H20N4Ti. The fourth-order valence-electron chi connectivity index (χ4n) is 0.539. The van der Waals surface area contributed by atoms with Crippen molar-refractivity contribution in [2.45, 2.75) is 39.5 Å². The molecular weight excluding hydrogens is 200 g/mol. The summed E-state index contributed by atoms with van der Waals surface area (Å²) in [4.78, 5) is 0. The van der Waals surface area contributed by atoms with Gasteiger partial charge in [-0.2, -0.15) is 0 Å². The van der Waals surface area contributed by atoms with Gasteiger partial charge >= 0.3 is 0 Å². The number of nitrogens with one attached hydrogen (secondary N) is 2. The van der Waals surface area contributed by atoms with Crippen LogP contribution in [0, 0.1) is 10.8 Å². The standard InChI is InChI=1S/2C4H10N2.Ti/c2*1-2-3-4(5)6;/h2*2-3H2,1H3,(H3,5,6);. The van der Waals surface area contributed by atoms with Crippen molar-refractivity contribution >= 4 is 11.7 Å². The first kappa shape index (κ1) is 18.4. The third-order valence-corrected chi connectivity index (χ3v) is 1.04. The van der Waals surface area contributed by atoms with Crippen molar-refractivity contribution in [2.24, 2.45) is 11.5 Å². The van der Waals surface area contributed by atoms with Gasteiger partial charge in [0.1, 0.15) is 0 Å². The fourth-order valence-corrected chi connectivity index (χ4v) is 0.539. The predicted molar refractivity (Wildman–Crippen MR) is 53.6 cm³/mol. The molecule has 0 aromatic heterocycles. The SMILES string of the molecule is CCCC(=N)N.CCCC(=N)N.[Ti]. The van der Waals surface area contributed by atoms with Gasteiger partial charge in [0.2, 0.25) is 0 Å². The molecule has 0 atom stereocenters. The summed E-state index contributed by atoms with van der Waals surface area (Å²) in [5, 5.41) is 13.3. The Morgan fingerprint density at radius 2 is 1.15 bits per heavy atom. The minimum atomic E-state index is 0. The van der Waals surface area contributed by atoms with Gasteiger partial charge in [-0.1, -0.05) is 13.8 Å². The summed E-state index contributed by atoms with van der Waals surface area (Å²) in [5.74, 6) is 0.579. The second-order valence-electron chi connectivity index (χ2n) is 2.55. The molecule has 0 aliphatic carbocycles. The molecule has 0 radical (unpaired) electrons. The van der Waals surface area contributed by atoms with Crippen LogP contribution in [0.15, 0.2) is 0 Å². The van der Waals surface area contributed by atoms with Gasteiger partial charge in [0.15, 0.2) is 0 Å². The van der Waals surface area contributed by atoms with Gasteiger partial charge in [0.25, 0.3) is 0 Å². The third kappa shape index (κ3) is 34.0. The molecule has 0 aromatic carbocycles. The van der Waals surface area contributed by atoms with Gasteiger partial charge in [-0.3, -0.25) is 10.8 Å². The quantitative estimate of drug-likeness (QED) is 0.327. The monoisotopic (exact) mass is 220 g/mol. The summed E-state index contributed by atoms with van der Waals surface area (Å²) in [7, 11) is 0. The van der Waals surface area contributed by atoms with E-state index in [2.05, 4.69) is 0 Å². The first-order chi connectivity index (χ1) is 5.54. The predicted octanol–water partition coefficient (Wildman–Crippen LogP) is 1.44. The van der Waals surface area contributed by atoms with E-state index >= 15 is 0 Å². The zero-order valence-corrected chi connectivity index (χ0v) is 10.0. The fraction of sp³-hybridized carbons (Fsp3) is 0.750. The molecule has 4 nitrogen and oxygen atoms in total. The van der Waals surface area contributed by atoms with E-state index in [1.54, 1.807) is 0 Å². The molecule has 0 saturated carbocycles. The molecule has 0 bridgehead atoms. The Morgan fingerprint density at radius 3 is 1.15 bits per heavy atom. The van der Waals surface area contributed by atoms with Crippen molar-refractivity contribution in [1.82, 2.24) is 0 Å². The Bertz CT molecular complexity index is 120. The van der Waals surface area contributed by atoms with E-state index < -0.39 is 0 Å². The van der Waals surface area contributed by atoms with Crippen LogP contribution in [0.4, 0.5) is 0 Å². The summed E-state index contributed by atoms with van der Waals surface area (Å²) < 4.78 is 0. The van der Waals surface area contributed by atoms with E-state index in [0.717, 1.165) is 25.7 Å². The van der Waals surface area contributed by atoms with Crippen LogP contribution in [0.2, 0.25) is 0 Å². The summed E-state index contributed by atoms with van der Waals surface area (Å²) in [6.45, 7) is 4.00. The molecule has 13 heavy (non-hydrogen) atoms. The number of rotatable bonds is 4. The van der Waals surface area contributed by atoms with Gasteiger partial charge in [-0.15, -0.1) is 0 Å². The Labute approximate surface area is 95.4 Å². The number of hydrogen-bond acceptors (Lipinski definition) is 2. The summed E-state index contributed by atoms with van der Waals surface area (Å²) in [5.41, 5.74) is 9.97. The van der Waals surface area contributed by atoms with E-state index in [0.29, 0.717) is 0 Å². The van der Waals surface area contributed by atoms with Gasteiger partial charge in [0.05, 0.1) is 11.7 Å². The number of nitrogens with two attached hydrogens (primary N) is 2. The average molecular weight is 220 g/mol. The molecule has 76 valence electrons. The van der Waals surface area contributed by atoms with Crippen LogP contribution in [0.25, 0.3) is 0 Å². The molecule has 6 N–H and O–H groups in total. The maximum Gasteiger partial charge on any atom is 0.0905 e. The molecule has 0 heterocycles. The first-order valence-electron chi connectivity index (χ1n) is 4.20. The molecule has 0 fully saturated rings. The Morgan fingerprint density at radius 1 is 0.923 bits per heavy atom. The zero-order valence-electron chi connectivity index (χ0n) is 8.48. The van der Waals surface area contributed by atoms with Crippen molar-refractivity contribution < 1.29 is 21.7 Å². The van der Waals surface area contributed by atoms with Crippen LogP contribution in [0.5, 0.6) is 0 Å². The molecule has 0 rings (SSSR count). The molecule has 0 unspecified atom stereocenters. The third-order valence-electron chi connectivity index (χ3n) is 1.04. The van der Waals surface area contributed by atoms with Crippen LogP contribution in [-0.2, 0) is 21.7 Å². The van der Waals surface area contributed by atoms with Crippen LogP contribution in [-0.4, -0.2) is 11.7 Å². The average Bonchev–Trinajstić information content (AvgIpc) is 1.87. The molecule has 0 aromatic rings. The van der Waals surface area contributed by atoms with Crippen molar-refractivity contribution in [1.29, 1.82) is 10.8 Å². The van der Waals surface area contributed by atoms with Crippen LogP contribution < -0.4 is 11.5 Å². The van der Waals surface area contributed by atoms with E-state index in [4.69, 9.17) is 22.3 Å². The van der Waals surface area contributed by atoms with Crippen LogP contribution >= 0.6 is 0 Å². The van der Waals surface area contributed by atoms with Crippen LogP contribution in [0.3, 0.4) is 0 Å². The summed E-state index contributed by atoms with van der Waals surface area (Å²) in [6.07, 6.45) is 3.44. The zero-order chi connectivity index (χ0) is 9.98. The maximum absolute atomic E-state index is 6.67. The van der Waals surface area contributed by atoms with Gasteiger partial charge in [0, 0.05) is 34.6 Å². The normalized spacial score (nSPS) is 7.54. The smallest absolute Gasteiger partial charge is 0.0905 e.